The number of nitrogens with one attached hydrogen (secondary N) is 1. The quantitative estimate of drug-likeness (QED) is 0.484. The van der Waals surface area contributed by atoms with Crippen molar-refractivity contribution in [3.05, 3.63) is 51.2 Å². The van der Waals surface area contributed by atoms with Gasteiger partial charge in [-0.25, -0.2) is 9.59 Å². The van der Waals surface area contributed by atoms with E-state index in [1.165, 1.54) is 25.3 Å². The van der Waals surface area contributed by atoms with Gasteiger partial charge in [-0.1, -0.05) is 12.1 Å². The van der Waals surface area contributed by atoms with E-state index in [9.17, 15) is 19.7 Å². The van der Waals surface area contributed by atoms with Gasteiger partial charge in [0.15, 0.2) is 5.71 Å². The van der Waals surface area contributed by atoms with Crippen molar-refractivity contribution >= 4 is 23.3 Å². The van der Waals surface area contributed by atoms with Crippen molar-refractivity contribution in [2.24, 2.45) is 5.10 Å². The van der Waals surface area contributed by atoms with Gasteiger partial charge in [0.05, 0.1) is 29.6 Å². The van der Waals surface area contributed by atoms with Crippen LogP contribution in [0.3, 0.4) is 0 Å². The highest BCUT2D eigenvalue weighted by Gasteiger charge is 2.38. The minimum absolute atomic E-state index is 0.0886. The number of ether oxygens (including phenoxy) is 2. The third-order valence-electron chi connectivity index (χ3n) is 3.68. The normalized spacial score (nSPS) is 16.7. The Hall–Kier alpha value is -3.23. The Kier molecular flexibility index (Phi) is 5.71. The summed E-state index contributed by atoms with van der Waals surface area (Å²) in [6.07, 6.45) is -0.381. The molecule has 0 saturated heterocycles. The molecule has 2 rings (SSSR count). The zero-order valence-electron chi connectivity index (χ0n) is 14.8. The summed E-state index contributed by atoms with van der Waals surface area (Å²) in [5.41, 5.74) is 3.26. The number of allylic oxidation sites excluding steroid dienone is 1. The molecule has 0 aliphatic carbocycles. The molecule has 0 amide bonds. The lowest BCUT2D eigenvalue weighted by molar-refractivity contribution is -0.384. The van der Waals surface area contributed by atoms with Crippen LogP contribution in [0.4, 0.5) is 5.69 Å². The van der Waals surface area contributed by atoms with Crippen molar-refractivity contribution in [2.75, 3.05) is 7.11 Å². The van der Waals surface area contributed by atoms with E-state index in [2.05, 4.69) is 10.5 Å². The lowest BCUT2D eigenvalue weighted by Crippen LogP contribution is -2.36. The van der Waals surface area contributed by atoms with Gasteiger partial charge >= 0.3 is 11.9 Å². The van der Waals surface area contributed by atoms with Crippen LogP contribution in [-0.2, 0) is 19.1 Å². The second-order valence-electron chi connectivity index (χ2n) is 5.88. The summed E-state index contributed by atoms with van der Waals surface area (Å²) < 4.78 is 10.0. The fourth-order valence-electron chi connectivity index (χ4n) is 2.58. The van der Waals surface area contributed by atoms with E-state index in [1.54, 1.807) is 26.8 Å². The second-order valence-corrected chi connectivity index (χ2v) is 5.88. The number of hydrazone groups is 1. The van der Waals surface area contributed by atoms with E-state index in [4.69, 9.17) is 9.47 Å². The molecule has 0 aromatic heterocycles. The standard InChI is InChI=1S/C17H19N3O6/c1-9(2)26-16(21)13-10(3)18-19-15(17(22)25-4)14(13)11-6-5-7-12(8-11)20(23)24/h5-9,14,18H,1-4H3. The Balaban J connectivity index is 2.61. The maximum atomic E-state index is 12.6. The monoisotopic (exact) mass is 361 g/mol. The predicted octanol–water partition coefficient (Wildman–Crippen LogP) is 2.04. The van der Waals surface area contributed by atoms with Gasteiger partial charge in [-0.15, -0.1) is 0 Å². The fourth-order valence-corrected chi connectivity index (χ4v) is 2.58. The van der Waals surface area contributed by atoms with E-state index in [1.807, 2.05) is 0 Å². The van der Waals surface area contributed by atoms with Gasteiger partial charge in [0.1, 0.15) is 0 Å². The third kappa shape index (κ3) is 3.88. The molecule has 9 heteroatoms. The van der Waals surface area contributed by atoms with Crippen LogP contribution in [0.5, 0.6) is 0 Å². The van der Waals surface area contributed by atoms with Crippen LogP contribution in [0.15, 0.2) is 40.6 Å². The number of nitro benzene ring substituents is 1. The average Bonchev–Trinajstić information content (AvgIpc) is 2.60. The molecule has 0 fully saturated rings. The van der Waals surface area contributed by atoms with Gasteiger partial charge in [0.2, 0.25) is 0 Å². The van der Waals surface area contributed by atoms with E-state index >= 15 is 0 Å². The van der Waals surface area contributed by atoms with Crippen LogP contribution < -0.4 is 5.43 Å². The summed E-state index contributed by atoms with van der Waals surface area (Å²) in [6.45, 7) is 5.00. The Morgan fingerprint density at radius 3 is 2.58 bits per heavy atom. The van der Waals surface area contributed by atoms with E-state index in [-0.39, 0.29) is 23.1 Å². The largest absolute Gasteiger partial charge is 0.464 e. The number of nitrogens with zero attached hydrogens (tertiary/aromatic N) is 2. The summed E-state index contributed by atoms with van der Waals surface area (Å²) in [6, 6.07) is 5.68. The average molecular weight is 361 g/mol. The molecule has 0 saturated carbocycles. The molecule has 1 unspecified atom stereocenters. The first kappa shape index (κ1) is 19.1. The molecular weight excluding hydrogens is 342 g/mol. The number of hydrogen-bond acceptors (Lipinski definition) is 8. The highest BCUT2D eigenvalue weighted by atomic mass is 16.6. The van der Waals surface area contributed by atoms with Crippen molar-refractivity contribution in [1.82, 2.24) is 5.43 Å². The van der Waals surface area contributed by atoms with Crippen LogP contribution in [-0.4, -0.2) is 35.8 Å². The Bertz CT molecular complexity index is 812. The number of nitro groups is 1. The van der Waals surface area contributed by atoms with Gasteiger partial charge in [-0.05, 0) is 26.3 Å². The molecule has 1 heterocycles. The van der Waals surface area contributed by atoms with E-state index in [0.717, 1.165) is 0 Å². The highest BCUT2D eigenvalue weighted by molar-refractivity contribution is 6.40. The van der Waals surface area contributed by atoms with Gasteiger partial charge < -0.3 is 9.47 Å². The molecule has 9 nitrogen and oxygen atoms in total. The number of rotatable bonds is 5. The van der Waals surface area contributed by atoms with E-state index in [0.29, 0.717) is 11.3 Å². The summed E-state index contributed by atoms with van der Waals surface area (Å²) in [5.74, 6) is -2.34. The van der Waals surface area contributed by atoms with Gasteiger partial charge in [-0.3, -0.25) is 15.5 Å². The Morgan fingerprint density at radius 1 is 1.31 bits per heavy atom. The molecule has 26 heavy (non-hydrogen) atoms. The molecule has 1 aliphatic rings. The fraction of sp³-hybridized carbons (Fsp3) is 0.353. The lowest BCUT2D eigenvalue weighted by Gasteiger charge is -2.26. The molecule has 1 N–H and O–H groups in total. The summed E-state index contributed by atoms with van der Waals surface area (Å²) in [7, 11) is 1.19. The van der Waals surface area contributed by atoms with Crippen LogP contribution in [0.25, 0.3) is 0 Å². The van der Waals surface area contributed by atoms with Crippen molar-refractivity contribution in [3.8, 4) is 0 Å². The molecule has 0 bridgehead atoms. The van der Waals surface area contributed by atoms with Crippen molar-refractivity contribution in [1.29, 1.82) is 0 Å². The smallest absolute Gasteiger partial charge is 0.355 e. The minimum Gasteiger partial charge on any atom is -0.464 e. The zero-order chi connectivity index (χ0) is 19.4. The van der Waals surface area contributed by atoms with Gasteiger partial charge in [0.25, 0.3) is 5.69 Å². The molecule has 1 aromatic carbocycles. The first-order valence-electron chi connectivity index (χ1n) is 7.84. The first-order chi connectivity index (χ1) is 12.3. The van der Waals surface area contributed by atoms with E-state index < -0.39 is 22.8 Å². The van der Waals surface area contributed by atoms with Gasteiger partial charge in [0, 0.05) is 17.8 Å². The number of non-ortho nitro benzene ring substituents is 1. The van der Waals surface area contributed by atoms with Crippen LogP contribution >= 0.6 is 0 Å². The van der Waals surface area contributed by atoms with Crippen LogP contribution in [0.2, 0.25) is 0 Å². The maximum absolute atomic E-state index is 12.6. The summed E-state index contributed by atoms with van der Waals surface area (Å²) >= 11 is 0. The molecule has 0 radical (unpaired) electrons. The van der Waals surface area contributed by atoms with Crippen molar-refractivity contribution in [2.45, 2.75) is 32.8 Å². The van der Waals surface area contributed by atoms with Crippen molar-refractivity contribution < 1.29 is 24.0 Å². The maximum Gasteiger partial charge on any atom is 0.355 e. The third-order valence-corrected chi connectivity index (χ3v) is 3.68. The molecule has 138 valence electrons. The zero-order valence-corrected chi connectivity index (χ0v) is 14.8. The van der Waals surface area contributed by atoms with Crippen molar-refractivity contribution in [3.63, 3.8) is 0 Å². The Morgan fingerprint density at radius 2 is 2.00 bits per heavy atom. The highest BCUT2D eigenvalue weighted by Crippen LogP contribution is 2.33. The SMILES string of the molecule is COC(=O)C1=NNC(C)=C(C(=O)OC(C)C)C1c1cccc([N+](=O)[O-])c1. The molecule has 1 aromatic rings. The second kappa shape index (κ2) is 7.77. The summed E-state index contributed by atoms with van der Waals surface area (Å²) in [4.78, 5) is 35.3. The molecule has 0 spiro atoms. The molecule has 1 atom stereocenters. The number of methoxy groups -OCH3 is 1. The minimum atomic E-state index is -0.949. The predicted molar refractivity (Wildman–Crippen MR) is 92.4 cm³/mol. The number of esters is 2. The number of hydrogen-bond donors (Lipinski definition) is 1. The number of carbonyl (C=O) groups excluding carboxylic acids is 2. The molecule has 1 aliphatic heterocycles. The number of benzene rings is 1. The number of carbonyl (C=O) groups is 2. The first-order valence-corrected chi connectivity index (χ1v) is 7.84. The van der Waals surface area contributed by atoms with Crippen LogP contribution in [0.1, 0.15) is 32.3 Å². The lowest BCUT2D eigenvalue weighted by atomic mass is 9.84. The summed E-state index contributed by atoms with van der Waals surface area (Å²) in [5, 5.41) is 15.1. The Labute approximate surface area is 149 Å². The molecular formula is C17H19N3O6. The van der Waals surface area contributed by atoms with Crippen LogP contribution in [0, 0.1) is 10.1 Å². The van der Waals surface area contributed by atoms with Gasteiger partial charge in [-0.2, -0.15) is 5.10 Å². The topological polar surface area (TPSA) is 120 Å².